The van der Waals surface area contributed by atoms with Crippen LogP contribution in [-0.2, 0) is 0 Å². The molecule has 59 valence electrons. The van der Waals surface area contributed by atoms with Crippen molar-refractivity contribution in [1.82, 2.24) is 10.3 Å². The second-order valence-electron chi connectivity index (χ2n) is 2.11. The summed E-state index contributed by atoms with van der Waals surface area (Å²) in [6.07, 6.45) is 0. The third-order valence-electron chi connectivity index (χ3n) is 1.37. The van der Waals surface area contributed by atoms with Crippen molar-refractivity contribution < 1.29 is 9.55 Å². The molecule has 6 nitrogen and oxygen atoms in total. The normalized spacial score (nSPS) is 10.3. The quantitative estimate of drug-likeness (QED) is 0.462. The number of aromatic nitrogens is 2. The van der Waals surface area contributed by atoms with E-state index in [9.17, 15) is 10.1 Å². The Labute approximate surface area is 65.9 Å². The van der Waals surface area contributed by atoms with E-state index in [4.69, 9.17) is 0 Å². The molecule has 2 rings (SSSR count). The maximum Gasteiger partial charge on any atom is 0.279 e. The Morgan fingerprint density at radius 1 is 1.50 bits per heavy atom. The predicted molar refractivity (Wildman–Crippen MR) is 37.3 cm³/mol. The largest absolute Gasteiger partial charge is 0.279 e. The molecule has 0 saturated heterocycles. The standard InChI is InChI=1S/C6H2N3O3/c10-9(11)4-1-2-5-6(3-4)8-12-7-5/h2-3H. The highest BCUT2D eigenvalue weighted by Crippen LogP contribution is 2.16. The van der Waals surface area contributed by atoms with E-state index in [1.165, 1.54) is 12.1 Å². The van der Waals surface area contributed by atoms with Gasteiger partial charge in [0, 0.05) is 6.07 Å². The van der Waals surface area contributed by atoms with Gasteiger partial charge < -0.3 is 0 Å². The van der Waals surface area contributed by atoms with Crippen LogP contribution in [0.4, 0.5) is 5.69 Å². The SMILES string of the molecule is O=[N+]([O-])c1[c]cc2nonc2c1. The van der Waals surface area contributed by atoms with Crippen LogP contribution in [0.2, 0.25) is 0 Å². The van der Waals surface area contributed by atoms with Gasteiger partial charge >= 0.3 is 0 Å². The maximum atomic E-state index is 10.3. The fourth-order valence-corrected chi connectivity index (χ4v) is 0.821. The van der Waals surface area contributed by atoms with Crippen LogP contribution in [0.1, 0.15) is 0 Å². The van der Waals surface area contributed by atoms with Gasteiger partial charge in [-0.05, 0) is 16.4 Å². The van der Waals surface area contributed by atoms with Crippen LogP contribution in [0.15, 0.2) is 16.8 Å². The molecule has 0 aliphatic carbocycles. The summed E-state index contributed by atoms with van der Waals surface area (Å²) in [5, 5.41) is 17.2. The highest BCUT2D eigenvalue weighted by atomic mass is 16.6. The van der Waals surface area contributed by atoms with E-state index in [0.29, 0.717) is 11.0 Å². The Morgan fingerprint density at radius 3 is 3.00 bits per heavy atom. The Kier molecular flexibility index (Phi) is 1.26. The highest BCUT2D eigenvalue weighted by molar-refractivity contribution is 5.75. The third kappa shape index (κ3) is 0.895. The topological polar surface area (TPSA) is 82.1 Å². The minimum Gasteiger partial charge on any atom is -0.258 e. The molecular weight excluding hydrogens is 162 g/mol. The molecular formula is C6H2N3O3. The van der Waals surface area contributed by atoms with Gasteiger partial charge in [0.15, 0.2) is 0 Å². The van der Waals surface area contributed by atoms with Gasteiger partial charge in [-0.2, -0.15) is 0 Å². The molecule has 0 aliphatic rings. The lowest BCUT2D eigenvalue weighted by Gasteiger charge is -1.86. The number of rotatable bonds is 1. The first-order chi connectivity index (χ1) is 5.77. The van der Waals surface area contributed by atoms with Crippen molar-refractivity contribution in [1.29, 1.82) is 0 Å². The minimum absolute atomic E-state index is 0.141. The number of nitro benzene ring substituents is 1. The van der Waals surface area contributed by atoms with Crippen molar-refractivity contribution in [2.24, 2.45) is 0 Å². The average Bonchev–Trinajstić information content (AvgIpc) is 2.49. The molecule has 6 heteroatoms. The fourth-order valence-electron chi connectivity index (χ4n) is 0.821. The number of nitrogens with zero attached hydrogens (tertiary/aromatic N) is 3. The fraction of sp³-hybridized carbons (Fsp3) is 0. The Bertz CT molecular complexity index is 436. The summed E-state index contributed by atoms with van der Waals surface area (Å²) < 4.78 is 4.36. The van der Waals surface area contributed by atoms with Crippen LogP contribution in [0.25, 0.3) is 11.0 Å². The summed E-state index contributed by atoms with van der Waals surface area (Å²) in [5.41, 5.74) is 0.680. The molecule has 0 unspecified atom stereocenters. The molecule has 0 fully saturated rings. The second-order valence-corrected chi connectivity index (χ2v) is 2.11. The molecule has 1 aromatic heterocycles. The number of fused-ring (bicyclic) bond motifs is 1. The summed E-state index contributed by atoms with van der Waals surface area (Å²) in [6.45, 7) is 0. The van der Waals surface area contributed by atoms with Crippen molar-refractivity contribution in [3.63, 3.8) is 0 Å². The summed E-state index contributed by atoms with van der Waals surface area (Å²) in [6, 6.07) is 5.06. The summed E-state index contributed by atoms with van der Waals surface area (Å²) in [5.74, 6) is 0. The van der Waals surface area contributed by atoms with Crippen LogP contribution in [0, 0.1) is 16.2 Å². The Balaban J connectivity index is 2.68. The lowest BCUT2D eigenvalue weighted by molar-refractivity contribution is -0.385. The second kappa shape index (κ2) is 2.26. The molecule has 0 atom stereocenters. The van der Waals surface area contributed by atoms with Crippen molar-refractivity contribution in [3.8, 4) is 0 Å². The molecule has 0 N–H and O–H groups in total. The van der Waals surface area contributed by atoms with E-state index in [1.54, 1.807) is 0 Å². The van der Waals surface area contributed by atoms with Gasteiger partial charge in [-0.25, -0.2) is 4.63 Å². The van der Waals surface area contributed by atoms with E-state index in [-0.39, 0.29) is 5.69 Å². The van der Waals surface area contributed by atoms with Crippen LogP contribution in [0.3, 0.4) is 0 Å². The van der Waals surface area contributed by atoms with Crippen LogP contribution in [-0.4, -0.2) is 15.2 Å². The zero-order valence-corrected chi connectivity index (χ0v) is 5.72. The van der Waals surface area contributed by atoms with Gasteiger partial charge in [-0.3, -0.25) is 10.1 Å². The lowest BCUT2D eigenvalue weighted by atomic mass is 10.3. The molecule has 12 heavy (non-hydrogen) atoms. The molecule has 0 aliphatic heterocycles. The van der Waals surface area contributed by atoms with Crippen LogP contribution in [0.5, 0.6) is 0 Å². The highest BCUT2D eigenvalue weighted by Gasteiger charge is 2.08. The number of hydrogen-bond acceptors (Lipinski definition) is 5. The number of nitro groups is 1. The minimum atomic E-state index is -0.547. The number of benzene rings is 1. The van der Waals surface area contributed by atoms with Gasteiger partial charge in [0.05, 0.1) is 11.0 Å². The molecule has 0 spiro atoms. The van der Waals surface area contributed by atoms with Crippen LogP contribution < -0.4 is 0 Å². The zero-order valence-electron chi connectivity index (χ0n) is 5.72. The molecule has 0 amide bonds. The predicted octanol–water partition coefficient (Wildman–Crippen LogP) is 0.931. The van der Waals surface area contributed by atoms with Gasteiger partial charge in [-0.1, -0.05) is 0 Å². The first-order valence-electron chi connectivity index (χ1n) is 3.06. The molecule has 1 radical (unpaired) electrons. The monoisotopic (exact) mass is 164 g/mol. The van der Waals surface area contributed by atoms with Crippen molar-refractivity contribution in [2.45, 2.75) is 0 Å². The van der Waals surface area contributed by atoms with Gasteiger partial charge in [0.25, 0.3) is 5.69 Å². The Hall–Kier alpha value is -1.98. The van der Waals surface area contributed by atoms with Crippen LogP contribution >= 0.6 is 0 Å². The first-order valence-corrected chi connectivity index (χ1v) is 3.06. The summed E-state index contributed by atoms with van der Waals surface area (Å²) >= 11 is 0. The number of hydrogen-bond donors (Lipinski definition) is 0. The first kappa shape index (κ1) is 6.71. The van der Waals surface area contributed by atoms with E-state index < -0.39 is 4.92 Å². The lowest BCUT2D eigenvalue weighted by Crippen LogP contribution is -1.86. The average molecular weight is 164 g/mol. The van der Waals surface area contributed by atoms with Gasteiger partial charge in [-0.15, -0.1) is 0 Å². The third-order valence-corrected chi connectivity index (χ3v) is 1.37. The molecule has 1 heterocycles. The van der Waals surface area contributed by atoms with E-state index in [0.717, 1.165) is 0 Å². The smallest absolute Gasteiger partial charge is 0.258 e. The molecule has 0 bridgehead atoms. The number of non-ortho nitro benzene ring substituents is 1. The zero-order chi connectivity index (χ0) is 8.55. The van der Waals surface area contributed by atoms with Gasteiger partial charge in [0.2, 0.25) is 0 Å². The summed E-state index contributed by atoms with van der Waals surface area (Å²) in [4.78, 5) is 9.71. The Morgan fingerprint density at radius 2 is 2.25 bits per heavy atom. The van der Waals surface area contributed by atoms with E-state index >= 15 is 0 Å². The van der Waals surface area contributed by atoms with Crippen molar-refractivity contribution in [2.75, 3.05) is 0 Å². The maximum absolute atomic E-state index is 10.3. The van der Waals surface area contributed by atoms with E-state index in [1.807, 2.05) is 0 Å². The van der Waals surface area contributed by atoms with E-state index in [2.05, 4.69) is 21.0 Å². The molecule has 1 aromatic carbocycles. The van der Waals surface area contributed by atoms with Gasteiger partial charge in [0.1, 0.15) is 11.0 Å². The van der Waals surface area contributed by atoms with Crippen molar-refractivity contribution in [3.05, 3.63) is 28.3 Å². The molecule has 2 aromatic rings. The molecule has 0 saturated carbocycles. The van der Waals surface area contributed by atoms with Crippen molar-refractivity contribution >= 4 is 16.7 Å². The summed E-state index contributed by atoms with van der Waals surface area (Å²) in [7, 11) is 0.